The fourth-order valence-corrected chi connectivity index (χ4v) is 2.11. The van der Waals surface area contributed by atoms with Gasteiger partial charge in [0.1, 0.15) is 5.82 Å². The minimum absolute atomic E-state index is 0.284. The average molecular weight is 308 g/mol. The predicted molar refractivity (Wildman–Crippen MR) is 76.0 cm³/mol. The molecule has 1 unspecified atom stereocenters. The van der Waals surface area contributed by atoms with E-state index in [1.54, 1.807) is 6.07 Å². The van der Waals surface area contributed by atoms with E-state index in [1.807, 2.05) is 18.2 Å². The zero-order valence-electron chi connectivity index (χ0n) is 10.2. The van der Waals surface area contributed by atoms with Gasteiger partial charge in [-0.15, -0.1) is 0 Å². The van der Waals surface area contributed by atoms with E-state index in [0.29, 0.717) is 4.47 Å². The molecule has 0 amide bonds. The van der Waals surface area contributed by atoms with Gasteiger partial charge in [-0.2, -0.15) is 0 Å². The summed E-state index contributed by atoms with van der Waals surface area (Å²) >= 11 is 3.14. The maximum Gasteiger partial charge on any atom is 0.137 e. The molecule has 0 radical (unpaired) electrons. The van der Waals surface area contributed by atoms with E-state index < -0.39 is 0 Å². The number of hydrogen-bond donors (Lipinski definition) is 1. The molecule has 94 valence electrons. The van der Waals surface area contributed by atoms with Crippen LogP contribution in [-0.2, 0) is 6.42 Å². The van der Waals surface area contributed by atoms with Gasteiger partial charge in [0.2, 0.25) is 0 Å². The summed E-state index contributed by atoms with van der Waals surface area (Å²) in [5, 5.41) is 0. The molecule has 0 bridgehead atoms. The van der Waals surface area contributed by atoms with Crippen LogP contribution in [-0.4, -0.2) is 0 Å². The van der Waals surface area contributed by atoms with Crippen molar-refractivity contribution in [1.29, 1.82) is 0 Å². The SMILES string of the molecule is CCc1ccc(C(N)c2ccc(Br)c(F)c2)cc1. The Kier molecular flexibility index (Phi) is 4.15. The zero-order chi connectivity index (χ0) is 13.1. The van der Waals surface area contributed by atoms with Crippen molar-refractivity contribution in [3.63, 3.8) is 0 Å². The minimum atomic E-state index is -0.293. The Morgan fingerprint density at radius 2 is 1.72 bits per heavy atom. The molecule has 18 heavy (non-hydrogen) atoms. The molecular weight excluding hydrogens is 293 g/mol. The highest BCUT2D eigenvalue weighted by atomic mass is 79.9. The van der Waals surface area contributed by atoms with Gasteiger partial charge in [0.05, 0.1) is 10.5 Å². The van der Waals surface area contributed by atoms with Crippen molar-refractivity contribution < 1.29 is 4.39 Å². The van der Waals surface area contributed by atoms with Crippen molar-refractivity contribution in [3.8, 4) is 0 Å². The van der Waals surface area contributed by atoms with E-state index in [2.05, 4.69) is 35.0 Å². The fourth-order valence-electron chi connectivity index (χ4n) is 1.86. The lowest BCUT2D eigenvalue weighted by Crippen LogP contribution is -2.12. The highest BCUT2D eigenvalue weighted by Crippen LogP contribution is 2.24. The van der Waals surface area contributed by atoms with Gasteiger partial charge in [-0.3, -0.25) is 0 Å². The van der Waals surface area contributed by atoms with Crippen molar-refractivity contribution in [3.05, 3.63) is 69.4 Å². The first-order valence-electron chi connectivity index (χ1n) is 5.91. The Morgan fingerprint density at radius 3 is 2.28 bits per heavy atom. The highest BCUT2D eigenvalue weighted by Gasteiger charge is 2.10. The molecule has 2 rings (SSSR count). The Bertz CT molecular complexity index is 537. The smallest absolute Gasteiger partial charge is 0.137 e. The topological polar surface area (TPSA) is 26.0 Å². The first-order chi connectivity index (χ1) is 8.61. The molecule has 0 fully saturated rings. The number of hydrogen-bond acceptors (Lipinski definition) is 1. The van der Waals surface area contributed by atoms with Crippen LogP contribution in [0.15, 0.2) is 46.9 Å². The first kappa shape index (κ1) is 13.2. The number of aryl methyl sites for hydroxylation is 1. The van der Waals surface area contributed by atoms with Crippen LogP contribution in [0.3, 0.4) is 0 Å². The van der Waals surface area contributed by atoms with Gasteiger partial charge in [-0.1, -0.05) is 37.3 Å². The Labute approximate surface area is 115 Å². The zero-order valence-corrected chi connectivity index (χ0v) is 11.7. The molecule has 0 saturated heterocycles. The maximum absolute atomic E-state index is 13.5. The summed E-state index contributed by atoms with van der Waals surface area (Å²) < 4.78 is 13.9. The van der Waals surface area contributed by atoms with E-state index in [4.69, 9.17) is 5.73 Å². The van der Waals surface area contributed by atoms with E-state index in [0.717, 1.165) is 17.5 Å². The molecule has 3 heteroatoms. The van der Waals surface area contributed by atoms with Crippen LogP contribution in [0, 0.1) is 5.82 Å². The van der Waals surface area contributed by atoms with E-state index in [-0.39, 0.29) is 11.9 Å². The largest absolute Gasteiger partial charge is 0.320 e. The molecule has 2 aromatic carbocycles. The van der Waals surface area contributed by atoms with Gasteiger partial charge in [0.25, 0.3) is 0 Å². The van der Waals surface area contributed by atoms with Crippen LogP contribution >= 0.6 is 15.9 Å². The summed E-state index contributed by atoms with van der Waals surface area (Å²) in [6.07, 6.45) is 1.00. The Morgan fingerprint density at radius 1 is 1.11 bits per heavy atom. The van der Waals surface area contributed by atoms with E-state index in [9.17, 15) is 4.39 Å². The van der Waals surface area contributed by atoms with Gasteiger partial charge in [0.15, 0.2) is 0 Å². The van der Waals surface area contributed by atoms with Crippen molar-refractivity contribution >= 4 is 15.9 Å². The van der Waals surface area contributed by atoms with Crippen LogP contribution in [0.5, 0.6) is 0 Å². The second kappa shape index (κ2) is 5.63. The standard InChI is InChI=1S/C15H15BrFN/c1-2-10-3-5-11(6-4-10)15(18)12-7-8-13(16)14(17)9-12/h3-9,15H,2,18H2,1H3. The number of nitrogens with two attached hydrogens (primary N) is 1. The maximum atomic E-state index is 13.5. The third-order valence-electron chi connectivity index (χ3n) is 3.05. The quantitative estimate of drug-likeness (QED) is 0.903. The normalized spacial score (nSPS) is 12.4. The molecule has 2 aromatic rings. The lowest BCUT2D eigenvalue weighted by Gasteiger charge is -2.13. The molecule has 1 atom stereocenters. The molecule has 0 spiro atoms. The van der Waals surface area contributed by atoms with Gasteiger partial charge in [-0.25, -0.2) is 4.39 Å². The molecule has 0 aliphatic heterocycles. The van der Waals surface area contributed by atoms with Gasteiger partial charge in [-0.05, 0) is 51.2 Å². The first-order valence-corrected chi connectivity index (χ1v) is 6.70. The van der Waals surface area contributed by atoms with Crippen LogP contribution in [0.25, 0.3) is 0 Å². The Hall–Kier alpha value is -1.19. The van der Waals surface area contributed by atoms with Crippen LogP contribution < -0.4 is 5.73 Å². The third-order valence-corrected chi connectivity index (χ3v) is 3.69. The fraction of sp³-hybridized carbons (Fsp3) is 0.200. The van der Waals surface area contributed by atoms with Gasteiger partial charge < -0.3 is 5.73 Å². The average Bonchev–Trinajstić information content (AvgIpc) is 2.41. The molecule has 0 aromatic heterocycles. The minimum Gasteiger partial charge on any atom is -0.320 e. The summed E-state index contributed by atoms with van der Waals surface area (Å²) in [6.45, 7) is 2.11. The second-order valence-electron chi connectivity index (χ2n) is 4.25. The predicted octanol–water partition coefficient (Wildman–Crippen LogP) is 4.20. The van der Waals surface area contributed by atoms with Gasteiger partial charge >= 0.3 is 0 Å². The van der Waals surface area contributed by atoms with Gasteiger partial charge in [0, 0.05) is 0 Å². The Balaban J connectivity index is 2.28. The summed E-state index contributed by atoms with van der Waals surface area (Å²) in [6, 6.07) is 12.8. The highest BCUT2D eigenvalue weighted by molar-refractivity contribution is 9.10. The van der Waals surface area contributed by atoms with Crippen LogP contribution in [0.4, 0.5) is 4.39 Å². The summed E-state index contributed by atoms with van der Waals surface area (Å²) in [4.78, 5) is 0. The molecule has 0 saturated carbocycles. The lowest BCUT2D eigenvalue weighted by molar-refractivity contribution is 0.617. The van der Waals surface area contributed by atoms with Crippen molar-refractivity contribution in [2.24, 2.45) is 5.73 Å². The van der Waals surface area contributed by atoms with Crippen LogP contribution in [0.1, 0.15) is 29.7 Å². The monoisotopic (exact) mass is 307 g/mol. The summed E-state index contributed by atoms with van der Waals surface area (Å²) in [7, 11) is 0. The third kappa shape index (κ3) is 2.79. The molecule has 0 heterocycles. The molecule has 1 nitrogen and oxygen atoms in total. The second-order valence-corrected chi connectivity index (χ2v) is 5.10. The lowest BCUT2D eigenvalue weighted by atomic mass is 9.98. The van der Waals surface area contributed by atoms with E-state index >= 15 is 0 Å². The molecule has 0 aliphatic rings. The van der Waals surface area contributed by atoms with Crippen LogP contribution in [0.2, 0.25) is 0 Å². The number of halogens is 2. The van der Waals surface area contributed by atoms with Crippen molar-refractivity contribution in [2.45, 2.75) is 19.4 Å². The molecule has 2 N–H and O–H groups in total. The number of benzene rings is 2. The van der Waals surface area contributed by atoms with E-state index in [1.165, 1.54) is 11.6 Å². The summed E-state index contributed by atoms with van der Waals surface area (Å²) in [5.41, 5.74) is 9.19. The molecule has 0 aliphatic carbocycles. The van der Waals surface area contributed by atoms with Crippen molar-refractivity contribution in [1.82, 2.24) is 0 Å². The van der Waals surface area contributed by atoms with Crippen molar-refractivity contribution in [2.75, 3.05) is 0 Å². The number of rotatable bonds is 3. The molecular formula is C15H15BrFN. The summed E-state index contributed by atoms with van der Waals surface area (Å²) in [5.74, 6) is -0.284.